The summed E-state index contributed by atoms with van der Waals surface area (Å²) in [6.07, 6.45) is 6.76. The number of aromatic nitrogens is 1. The van der Waals surface area contributed by atoms with Gasteiger partial charge >= 0.3 is 0 Å². The normalized spacial score (nSPS) is 11.1. The number of benzene rings is 1. The molecule has 23 heavy (non-hydrogen) atoms. The number of unbranched alkanes of at least 4 members (excludes halogenated alkanes) is 1. The third-order valence-electron chi connectivity index (χ3n) is 4.03. The zero-order valence-electron chi connectivity index (χ0n) is 14.7. The van der Waals surface area contributed by atoms with E-state index in [2.05, 4.69) is 29.8 Å². The molecule has 128 valence electrons. The van der Waals surface area contributed by atoms with E-state index in [-0.39, 0.29) is 0 Å². The second-order valence-corrected chi connectivity index (χ2v) is 5.78. The van der Waals surface area contributed by atoms with Crippen molar-refractivity contribution in [2.24, 2.45) is 5.73 Å². The molecule has 0 spiro atoms. The molecule has 1 aromatic heterocycles. The Morgan fingerprint density at radius 3 is 2.30 bits per heavy atom. The highest BCUT2D eigenvalue weighted by molar-refractivity contribution is 5.87. The summed E-state index contributed by atoms with van der Waals surface area (Å²) in [7, 11) is 0. The molecule has 2 N–H and O–H groups in total. The summed E-state index contributed by atoms with van der Waals surface area (Å²) in [5.41, 5.74) is 8.30. The van der Waals surface area contributed by atoms with Crippen molar-refractivity contribution in [2.75, 3.05) is 19.8 Å². The maximum absolute atomic E-state index is 5.79. The lowest BCUT2D eigenvalue weighted by Gasteiger charge is -2.12. The third-order valence-corrected chi connectivity index (χ3v) is 4.03. The van der Waals surface area contributed by atoms with Gasteiger partial charge in [-0.05, 0) is 51.3 Å². The van der Waals surface area contributed by atoms with Crippen molar-refractivity contribution in [3.63, 3.8) is 0 Å². The van der Waals surface area contributed by atoms with Crippen LogP contribution in [0.1, 0.15) is 45.6 Å². The molecule has 0 aliphatic heterocycles. The van der Waals surface area contributed by atoms with Crippen molar-refractivity contribution < 1.29 is 9.47 Å². The van der Waals surface area contributed by atoms with E-state index < -0.39 is 0 Å². The number of ether oxygens (including phenoxy) is 2. The van der Waals surface area contributed by atoms with Gasteiger partial charge in [0.1, 0.15) is 0 Å². The molecule has 0 saturated carbocycles. The summed E-state index contributed by atoms with van der Waals surface area (Å²) in [5, 5.41) is 1.28. The fraction of sp³-hybridized carbons (Fsp3) is 0.579. The molecule has 0 amide bonds. The van der Waals surface area contributed by atoms with Crippen molar-refractivity contribution in [1.82, 2.24) is 4.57 Å². The van der Waals surface area contributed by atoms with Crippen molar-refractivity contribution in [3.8, 4) is 11.5 Å². The molecule has 0 radical (unpaired) electrons. The van der Waals surface area contributed by atoms with Gasteiger partial charge in [-0.3, -0.25) is 0 Å². The molecule has 0 bridgehead atoms. The SMILES string of the molecule is CCCCc1cn(CCCN)c2cc(OCC)c(OCC)cc12. The molecule has 2 rings (SSSR count). The lowest BCUT2D eigenvalue weighted by atomic mass is 10.1. The van der Waals surface area contributed by atoms with Gasteiger partial charge in [0.05, 0.1) is 18.7 Å². The topological polar surface area (TPSA) is 49.4 Å². The van der Waals surface area contributed by atoms with Crippen LogP contribution in [-0.4, -0.2) is 24.3 Å². The fourth-order valence-electron chi connectivity index (χ4n) is 2.92. The van der Waals surface area contributed by atoms with Crippen LogP contribution < -0.4 is 15.2 Å². The number of fused-ring (bicyclic) bond motifs is 1. The highest BCUT2D eigenvalue weighted by Crippen LogP contribution is 2.35. The monoisotopic (exact) mass is 318 g/mol. The first-order valence-corrected chi connectivity index (χ1v) is 8.86. The van der Waals surface area contributed by atoms with Gasteiger partial charge in [0.15, 0.2) is 11.5 Å². The van der Waals surface area contributed by atoms with E-state index in [1.54, 1.807) is 0 Å². The summed E-state index contributed by atoms with van der Waals surface area (Å²) < 4.78 is 13.9. The maximum atomic E-state index is 5.79. The van der Waals surface area contributed by atoms with Crippen LogP contribution in [0, 0.1) is 0 Å². The predicted octanol–water partition coefficient (Wildman–Crippen LogP) is 4.13. The highest BCUT2D eigenvalue weighted by Gasteiger charge is 2.14. The summed E-state index contributed by atoms with van der Waals surface area (Å²) in [4.78, 5) is 0. The van der Waals surface area contributed by atoms with Crippen LogP contribution in [0.15, 0.2) is 18.3 Å². The minimum atomic E-state index is 0.637. The number of hydrogen-bond donors (Lipinski definition) is 1. The molecule has 0 fully saturated rings. The average Bonchev–Trinajstić information content (AvgIpc) is 2.88. The van der Waals surface area contributed by atoms with Crippen LogP contribution in [-0.2, 0) is 13.0 Å². The highest BCUT2D eigenvalue weighted by atomic mass is 16.5. The van der Waals surface area contributed by atoms with Crippen LogP contribution in [0.2, 0.25) is 0 Å². The Morgan fingerprint density at radius 1 is 1.00 bits per heavy atom. The second-order valence-electron chi connectivity index (χ2n) is 5.78. The Bertz CT molecular complexity index is 567. The third kappa shape index (κ3) is 4.20. The molecule has 1 heterocycles. The first kappa shape index (κ1) is 17.7. The van der Waals surface area contributed by atoms with Gasteiger partial charge < -0.3 is 19.8 Å². The smallest absolute Gasteiger partial charge is 0.163 e. The minimum absolute atomic E-state index is 0.637. The van der Waals surface area contributed by atoms with E-state index in [0.717, 1.165) is 30.9 Å². The maximum Gasteiger partial charge on any atom is 0.163 e. The Kier molecular flexibility index (Phi) is 6.78. The van der Waals surface area contributed by atoms with Gasteiger partial charge in [0.2, 0.25) is 0 Å². The number of rotatable bonds is 10. The van der Waals surface area contributed by atoms with E-state index in [1.807, 2.05) is 13.8 Å². The predicted molar refractivity (Wildman–Crippen MR) is 96.6 cm³/mol. The van der Waals surface area contributed by atoms with Crippen LogP contribution in [0.3, 0.4) is 0 Å². The minimum Gasteiger partial charge on any atom is -0.490 e. The van der Waals surface area contributed by atoms with E-state index in [0.29, 0.717) is 19.8 Å². The Hall–Kier alpha value is -1.68. The first-order chi connectivity index (χ1) is 11.2. The van der Waals surface area contributed by atoms with Gasteiger partial charge in [0, 0.05) is 24.2 Å². The number of nitrogens with two attached hydrogens (primary N) is 1. The van der Waals surface area contributed by atoms with Crippen molar-refractivity contribution in [1.29, 1.82) is 0 Å². The first-order valence-electron chi connectivity index (χ1n) is 8.86. The zero-order chi connectivity index (χ0) is 16.7. The molecule has 0 saturated heterocycles. The lowest BCUT2D eigenvalue weighted by molar-refractivity contribution is 0.288. The molecular weight excluding hydrogens is 288 g/mol. The molecule has 0 unspecified atom stereocenters. The molecule has 0 aliphatic carbocycles. The van der Waals surface area contributed by atoms with Crippen molar-refractivity contribution in [2.45, 2.75) is 53.0 Å². The van der Waals surface area contributed by atoms with Crippen LogP contribution in [0.4, 0.5) is 0 Å². The Balaban J connectivity index is 2.50. The molecular formula is C19H30N2O2. The standard InChI is InChI=1S/C19H30N2O2/c1-4-7-9-15-14-21(11-8-10-20)17-13-19(23-6-3)18(22-5-2)12-16(15)17/h12-14H,4-11,20H2,1-3H3. The number of hydrogen-bond acceptors (Lipinski definition) is 3. The molecule has 4 nitrogen and oxygen atoms in total. The zero-order valence-corrected chi connectivity index (χ0v) is 14.7. The van der Waals surface area contributed by atoms with E-state index in [4.69, 9.17) is 15.2 Å². The molecule has 0 aliphatic rings. The van der Waals surface area contributed by atoms with Crippen LogP contribution in [0.5, 0.6) is 11.5 Å². The Morgan fingerprint density at radius 2 is 1.70 bits per heavy atom. The largest absolute Gasteiger partial charge is 0.490 e. The molecule has 4 heteroatoms. The Labute approximate surface area is 139 Å². The van der Waals surface area contributed by atoms with Gasteiger partial charge in [0.25, 0.3) is 0 Å². The number of nitrogens with zero attached hydrogens (tertiary/aromatic N) is 1. The quantitative estimate of drug-likeness (QED) is 0.716. The lowest BCUT2D eigenvalue weighted by Crippen LogP contribution is -2.05. The van der Waals surface area contributed by atoms with Crippen LogP contribution in [0.25, 0.3) is 10.9 Å². The average molecular weight is 318 g/mol. The second kappa shape index (κ2) is 8.82. The van der Waals surface area contributed by atoms with Gasteiger partial charge in [-0.1, -0.05) is 13.3 Å². The van der Waals surface area contributed by atoms with Crippen LogP contribution >= 0.6 is 0 Å². The number of aryl methyl sites for hydroxylation is 2. The van der Waals surface area contributed by atoms with Gasteiger partial charge in [-0.2, -0.15) is 0 Å². The van der Waals surface area contributed by atoms with E-state index >= 15 is 0 Å². The molecule has 2 aromatic rings. The summed E-state index contributed by atoms with van der Waals surface area (Å²) >= 11 is 0. The van der Waals surface area contributed by atoms with E-state index in [1.165, 1.54) is 29.3 Å². The van der Waals surface area contributed by atoms with Crippen molar-refractivity contribution in [3.05, 3.63) is 23.9 Å². The molecule has 0 atom stereocenters. The molecule has 1 aromatic carbocycles. The fourth-order valence-corrected chi connectivity index (χ4v) is 2.92. The van der Waals surface area contributed by atoms with Gasteiger partial charge in [-0.25, -0.2) is 0 Å². The van der Waals surface area contributed by atoms with Crippen molar-refractivity contribution >= 4 is 10.9 Å². The van der Waals surface area contributed by atoms with E-state index in [9.17, 15) is 0 Å². The summed E-state index contributed by atoms with van der Waals surface area (Å²) in [5.74, 6) is 1.67. The summed E-state index contributed by atoms with van der Waals surface area (Å²) in [6.45, 7) is 9.16. The van der Waals surface area contributed by atoms with Gasteiger partial charge in [-0.15, -0.1) is 0 Å². The summed E-state index contributed by atoms with van der Waals surface area (Å²) in [6, 6.07) is 4.27.